The van der Waals surface area contributed by atoms with E-state index < -0.39 is 0 Å². The van der Waals surface area contributed by atoms with Gasteiger partial charge in [0.15, 0.2) is 0 Å². The van der Waals surface area contributed by atoms with Crippen molar-refractivity contribution >= 4 is 5.97 Å². The van der Waals surface area contributed by atoms with E-state index in [9.17, 15) is 4.79 Å². The molecule has 19 heavy (non-hydrogen) atoms. The largest absolute Gasteiger partial charge is 0.464 e. The first-order valence-electron chi connectivity index (χ1n) is 7.76. The summed E-state index contributed by atoms with van der Waals surface area (Å²) in [6.07, 6.45) is 6.29. The highest BCUT2D eigenvalue weighted by Gasteiger charge is 2.28. The van der Waals surface area contributed by atoms with Gasteiger partial charge in [-0.2, -0.15) is 0 Å². The molecule has 0 aliphatic heterocycles. The molecule has 0 radical (unpaired) electrons. The Morgan fingerprint density at radius 3 is 2.47 bits per heavy atom. The Kier molecular flexibility index (Phi) is 6.31. The maximum Gasteiger partial charge on any atom is 0.311 e. The predicted molar refractivity (Wildman–Crippen MR) is 79.1 cm³/mol. The van der Waals surface area contributed by atoms with Gasteiger partial charge in [0, 0.05) is 12.6 Å². The highest BCUT2D eigenvalue weighted by atomic mass is 16.5. The van der Waals surface area contributed by atoms with Crippen LogP contribution in [0.4, 0.5) is 0 Å². The smallest absolute Gasteiger partial charge is 0.311 e. The van der Waals surface area contributed by atoms with Gasteiger partial charge in [0.2, 0.25) is 0 Å². The van der Waals surface area contributed by atoms with Crippen molar-refractivity contribution in [2.45, 2.75) is 65.8 Å². The third-order valence-corrected chi connectivity index (χ3v) is 4.89. The van der Waals surface area contributed by atoms with Gasteiger partial charge in [0.25, 0.3) is 0 Å². The third-order valence-electron chi connectivity index (χ3n) is 4.89. The van der Waals surface area contributed by atoms with E-state index >= 15 is 0 Å². The number of hydrogen-bond acceptors (Lipinski definition) is 3. The maximum absolute atomic E-state index is 11.9. The summed E-state index contributed by atoms with van der Waals surface area (Å²) in [7, 11) is 2.14. The lowest BCUT2D eigenvalue weighted by molar-refractivity contribution is -0.154. The van der Waals surface area contributed by atoms with Crippen LogP contribution in [-0.4, -0.2) is 37.1 Å². The molecule has 0 amide bonds. The number of esters is 1. The summed E-state index contributed by atoms with van der Waals surface area (Å²) >= 11 is 0. The average molecular weight is 269 g/mol. The van der Waals surface area contributed by atoms with Gasteiger partial charge in [-0.1, -0.05) is 19.8 Å². The Morgan fingerprint density at radius 2 is 1.95 bits per heavy atom. The van der Waals surface area contributed by atoms with Crippen molar-refractivity contribution in [1.29, 1.82) is 0 Å². The minimum atomic E-state index is -0.352. The zero-order chi connectivity index (χ0) is 14.5. The molecule has 1 fully saturated rings. The second-order valence-corrected chi connectivity index (χ2v) is 6.64. The van der Waals surface area contributed by atoms with Crippen molar-refractivity contribution < 1.29 is 9.53 Å². The normalized spacial score (nSPS) is 18.8. The lowest BCUT2D eigenvalue weighted by atomic mass is 9.91. The number of likely N-dealkylation sites (N-methyl/N-ethyl adjacent to an activating group) is 1. The molecule has 3 heteroatoms. The molecule has 0 aromatic rings. The summed E-state index contributed by atoms with van der Waals surface area (Å²) in [5.74, 6) is 0.754. The van der Waals surface area contributed by atoms with Crippen LogP contribution in [0.2, 0.25) is 0 Å². The maximum atomic E-state index is 11.9. The quantitative estimate of drug-likeness (QED) is 0.663. The van der Waals surface area contributed by atoms with Crippen LogP contribution in [0.15, 0.2) is 0 Å². The molecule has 0 saturated heterocycles. The van der Waals surface area contributed by atoms with Crippen LogP contribution in [0.3, 0.4) is 0 Å². The monoisotopic (exact) mass is 269 g/mol. The Labute approximate surface area is 118 Å². The van der Waals surface area contributed by atoms with E-state index in [1.54, 1.807) is 0 Å². The summed E-state index contributed by atoms with van der Waals surface area (Å²) in [4.78, 5) is 14.2. The Hall–Kier alpha value is -0.570. The molecule has 3 nitrogen and oxygen atoms in total. The van der Waals surface area contributed by atoms with E-state index in [-0.39, 0.29) is 11.4 Å². The summed E-state index contributed by atoms with van der Waals surface area (Å²) < 4.78 is 5.40. The van der Waals surface area contributed by atoms with Crippen molar-refractivity contribution in [2.75, 3.05) is 20.2 Å². The van der Waals surface area contributed by atoms with Crippen LogP contribution >= 0.6 is 0 Å². The van der Waals surface area contributed by atoms with E-state index in [1.807, 2.05) is 20.8 Å². The van der Waals surface area contributed by atoms with Gasteiger partial charge in [-0.25, -0.2) is 0 Å². The van der Waals surface area contributed by atoms with Crippen LogP contribution in [0.25, 0.3) is 0 Å². The number of hydrogen-bond donors (Lipinski definition) is 0. The number of carbonyl (C=O) groups is 1. The van der Waals surface area contributed by atoms with Crippen LogP contribution in [-0.2, 0) is 9.53 Å². The highest BCUT2D eigenvalue weighted by Crippen LogP contribution is 2.29. The highest BCUT2D eigenvalue weighted by molar-refractivity contribution is 5.75. The minimum Gasteiger partial charge on any atom is -0.464 e. The molecule has 0 heterocycles. The first-order valence-corrected chi connectivity index (χ1v) is 7.76. The molecule has 1 aliphatic carbocycles. The fourth-order valence-corrected chi connectivity index (χ4v) is 2.63. The molecule has 0 aromatic carbocycles. The third kappa shape index (κ3) is 4.79. The lowest BCUT2D eigenvalue weighted by Gasteiger charge is -2.30. The second-order valence-electron chi connectivity index (χ2n) is 6.64. The fourth-order valence-electron chi connectivity index (χ4n) is 2.63. The topological polar surface area (TPSA) is 29.5 Å². The summed E-state index contributed by atoms with van der Waals surface area (Å²) in [5.41, 5.74) is -0.352. The molecule has 0 spiro atoms. The van der Waals surface area contributed by atoms with E-state index in [0.717, 1.165) is 18.9 Å². The second kappa shape index (κ2) is 7.28. The van der Waals surface area contributed by atoms with Crippen molar-refractivity contribution in [3.05, 3.63) is 0 Å². The molecule has 0 N–H and O–H groups in total. The van der Waals surface area contributed by atoms with Crippen LogP contribution in [0.5, 0.6) is 0 Å². The zero-order valence-corrected chi connectivity index (χ0v) is 13.4. The van der Waals surface area contributed by atoms with Crippen molar-refractivity contribution in [1.82, 2.24) is 4.90 Å². The average Bonchev–Trinajstić information content (AvgIpc) is 2.91. The van der Waals surface area contributed by atoms with Crippen molar-refractivity contribution in [3.8, 4) is 0 Å². The van der Waals surface area contributed by atoms with Gasteiger partial charge in [0.1, 0.15) is 6.61 Å². The van der Waals surface area contributed by atoms with Gasteiger partial charge in [-0.3, -0.25) is 4.79 Å². The van der Waals surface area contributed by atoms with Crippen LogP contribution < -0.4 is 0 Å². The molecule has 1 atom stereocenters. The Morgan fingerprint density at radius 1 is 1.37 bits per heavy atom. The zero-order valence-electron chi connectivity index (χ0n) is 13.4. The van der Waals surface area contributed by atoms with Gasteiger partial charge in [-0.05, 0) is 53.0 Å². The lowest BCUT2D eigenvalue weighted by Crippen LogP contribution is -2.37. The summed E-state index contributed by atoms with van der Waals surface area (Å²) in [5, 5.41) is 0. The molecule has 1 aliphatic rings. The first kappa shape index (κ1) is 16.5. The van der Waals surface area contributed by atoms with Gasteiger partial charge in [-0.15, -0.1) is 0 Å². The van der Waals surface area contributed by atoms with E-state index in [4.69, 9.17) is 4.74 Å². The first-order chi connectivity index (χ1) is 8.88. The van der Waals surface area contributed by atoms with Crippen LogP contribution in [0, 0.1) is 11.3 Å². The number of carbonyl (C=O) groups excluding carboxylic acids is 1. The van der Waals surface area contributed by atoms with E-state index in [2.05, 4.69) is 18.9 Å². The van der Waals surface area contributed by atoms with Gasteiger partial charge in [0.05, 0.1) is 5.41 Å². The van der Waals surface area contributed by atoms with Crippen molar-refractivity contribution in [3.63, 3.8) is 0 Å². The van der Waals surface area contributed by atoms with E-state index in [1.165, 1.54) is 25.7 Å². The Balaban J connectivity index is 2.26. The Bertz CT molecular complexity index is 282. The minimum absolute atomic E-state index is 0.0723. The molecule has 112 valence electrons. The van der Waals surface area contributed by atoms with Gasteiger partial charge >= 0.3 is 5.97 Å². The number of nitrogens with zero attached hydrogens (tertiary/aromatic N) is 1. The van der Waals surface area contributed by atoms with E-state index in [0.29, 0.717) is 12.6 Å². The number of ether oxygens (including phenoxy) is 1. The molecule has 1 rings (SSSR count). The molecule has 1 unspecified atom stereocenters. The molecule has 0 aromatic heterocycles. The molecular weight excluding hydrogens is 238 g/mol. The fraction of sp³-hybridized carbons (Fsp3) is 0.938. The van der Waals surface area contributed by atoms with Crippen LogP contribution in [0.1, 0.15) is 59.8 Å². The predicted octanol–water partition coefficient (Wildman–Crippen LogP) is 3.48. The number of rotatable bonds is 7. The SMILES string of the molecule is CCC(C)(C)C(=O)OCCN(C)C(C)C1CCCC1. The molecular formula is C16H31NO2. The standard InChI is InChI=1S/C16H31NO2/c1-6-16(3,4)15(18)19-12-11-17(5)13(2)14-9-7-8-10-14/h13-14H,6-12H2,1-5H3. The summed E-state index contributed by atoms with van der Waals surface area (Å²) in [6.45, 7) is 9.56. The molecule has 0 bridgehead atoms. The van der Waals surface area contributed by atoms with Crippen molar-refractivity contribution in [2.24, 2.45) is 11.3 Å². The molecule has 1 saturated carbocycles. The van der Waals surface area contributed by atoms with Gasteiger partial charge < -0.3 is 9.64 Å². The summed E-state index contributed by atoms with van der Waals surface area (Å²) in [6, 6.07) is 0.598.